The van der Waals surface area contributed by atoms with Crippen LogP contribution in [0.2, 0.25) is 0 Å². The molecule has 1 aromatic heterocycles. The molecule has 2 N–H and O–H groups in total. The zero-order valence-corrected chi connectivity index (χ0v) is 16.6. The average Bonchev–Trinajstić information content (AvgIpc) is 3.48. The number of ether oxygens (including phenoxy) is 1. The fourth-order valence-electron chi connectivity index (χ4n) is 4.28. The second-order valence-electron chi connectivity index (χ2n) is 8.16. The van der Waals surface area contributed by atoms with Gasteiger partial charge in [-0.25, -0.2) is 13.2 Å². The van der Waals surface area contributed by atoms with Crippen LogP contribution in [0, 0.1) is 23.4 Å². The molecule has 168 valence electrons. The number of amides is 2. The molecule has 2 aliphatic heterocycles. The van der Waals surface area contributed by atoms with E-state index in [1.54, 1.807) is 0 Å². The molecule has 32 heavy (non-hydrogen) atoms. The van der Waals surface area contributed by atoms with Gasteiger partial charge in [0.1, 0.15) is 23.0 Å². The summed E-state index contributed by atoms with van der Waals surface area (Å²) in [6.07, 6.45) is 2.29. The van der Waals surface area contributed by atoms with E-state index in [0.29, 0.717) is 24.6 Å². The Morgan fingerprint density at radius 1 is 1.22 bits per heavy atom. The zero-order valence-electron chi connectivity index (χ0n) is 16.6. The SMILES string of the molecule is O=C(NCc1c(F)cc(F)cc1F)c1cn2c(c(O)c1=O)C(=O)N1CCC3C[C@H]3O[C@@H]1C2. The van der Waals surface area contributed by atoms with Crippen LogP contribution in [0.4, 0.5) is 13.2 Å². The molecule has 0 spiro atoms. The molecule has 0 bridgehead atoms. The number of nitrogens with zero attached hydrogens (tertiary/aromatic N) is 2. The van der Waals surface area contributed by atoms with Gasteiger partial charge in [-0.1, -0.05) is 0 Å². The van der Waals surface area contributed by atoms with Gasteiger partial charge in [-0.15, -0.1) is 0 Å². The molecular weight excluding hydrogens is 431 g/mol. The predicted octanol–water partition coefficient (Wildman–Crippen LogP) is 1.49. The van der Waals surface area contributed by atoms with Crippen molar-refractivity contribution < 1.29 is 32.6 Å². The van der Waals surface area contributed by atoms with Crippen LogP contribution in [-0.2, 0) is 17.8 Å². The Hall–Kier alpha value is -3.34. The lowest BCUT2D eigenvalue weighted by molar-refractivity contribution is -0.0631. The molecule has 1 aliphatic carbocycles. The summed E-state index contributed by atoms with van der Waals surface area (Å²) in [6.45, 7) is -0.102. The second-order valence-corrected chi connectivity index (χ2v) is 8.16. The van der Waals surface area contributed by atoms with Crippen molar-refractivity contribution in [1.82, 2.24) is 14.8 Å². The smallest absolute Gasteiger partial charge is 0.276 e. The van der Waals surface area contributed by atoms with Gasteiger partial charge in [0, 0.05) is 37.0 Å². The normalized spacial score (nSPS) is 23.7. The van der Waals surface area contributed by atoms with Crippen molar-refractivity contribution in [2.24, 2.45) is 5.92 Å². The van der Waals surface area contributed by atoms with Gasteiger partial charge in [0.15, 0.2) is 17.7 Å². The highest BCUT2D eigenvalue weighted by Crippen LogP contribution is 2.42. The van der Waals surface area contributed by atoms with E-state index in [0.717, 1.165) is 19.0 Å². The maximum atomic E-state index is 13.8. The molecule has 2 amide bonds. The summed E-state index contributed by atoms with van der Waals surface area (Å²) in [5.41, 5.74) is -2.41. The summed E-state index contributed by atoms with van der Waals surface area (Å²) in [4.78, 5) is 39.5. The molecular formula is C21H18F3N3O5. The van der Waals surface area contributed by atoms with Gasteiger partial charge in [-0.3, -0.25) is 14.4 Å². The first-order valence-electron chi connectivity index (χ1n) is 10.1. The molecule has 3 atom stereocenters. The quantitative estimate of drug-likeness (QED) is 0.740. The molecule has 2 aromatic rings. The van der Waals surface area contributed by atoms with Crippen LogP contribution < -0.4 is 10.7 Å². The van der Waals surface area contributed by atoms with Gasteiger partial charge < -0.3 is 24.6 Å². The van der Waals surface area contributed by atoms with E-state index in [1.807, 2.05) is 0 Å². The van der Waals surface area contributed by atoms with Gasteiger partial charge >= 0.3 is 0 Å². The monoisotopic (exact) mass is 449 g/mol. The number of aromatic hydroxyl groups is 1. The highest BCUT2D eigenvalue weighted by Gasteiger charge is 2.47. The number of rotatable bonds is 3. The van der Waals surface area contributed by atoms with Crippen molar-refractivity contribution in [2.75, 3.05) is 6.54 Å². The van der Waals surface area contributed by atoms with E-state index >= 15 is 0 Å². The molecule has 5 rings (SSSR count). The van der Waals surface area contributed by atoms with Crippen molar-refractivity contribution in [1.29, 1.82) is 0 Å². The van der Waals surface area contributed by atoms with Crippen LogP contribution in [0.25, 0.3) is 0 Å². The first-order chi connectivity index (χ1) is 15.2. The number of benzene rings is 1. The van der Waals surface area contributed by atoms with Crippen molar-refractivity contribution in [3.8, 4) is 5.75 Å². The van der Waals surface area contributed by atoms with E-state index in [1.165, 1.54) is 9.47 Å². The number of pyridine rings is 1. The minimum absolute atomic E-state index is 0.0654. The average molecular weight is 449 g/mol. The van der Waals surface area contributed by atoms with Crippen molar-refractivity contribution in [2.45, 2.75) is 38.3 Å². The molecule has 1 unspecified atom stereocenters. The van der Waals surface area contributed by atoms with Crippen molar-refractivity contribution >= 4 is 11.8 Å². The number of fused-ring (bicyclic) bond motifs is 3. The molecule has 8 nitrogen and oxygen atoms in total. The third-order valence-corrected chi connectivity index (χ3v) is 6.13. The Kier molecular flexibility index (Phi) is 4.73. The molecule has 2 fully saturated rings. The number of hydrogen-bond donors (Lipinski definition) is 2. The third-order valence-electron chi connectivity index (χ3n) is 6.13. The number of nitrogens with one attached hydrogen (secondary N) is 1. The van der Waals surface area contributed by atoms with E-state index < -0.39 is 64.3 Å². The first kappa shape index (κ1) is 20.6. The first-order valence-corrected chi connectivity index (χ1v) is 10.1. The minimum Gasteiger partial charge on any atom is -0.503 e. The number of carbonyl (C=O) groups is 2. The van der Waals surface area contributed by atoms with E-state index in [-0.39, 0.29) is 18.3 Å². The van der Waals surface area contributed by atoms with Crippen LogP contribution in [-0.4, -0.2) is 45.3 Å². The van der Waals surface area contributed by atoms with Gasteiger partial charge in [0.05, 0.1) is 12.6 Å². The summed E-state index contributed by atoms with van der Waals surface area (Å²) in [7, 11) is 0. The van der Waals surface area contributed by atoms with Crippen molar-refractivity contribution in [3.05, 3.63) is 62.8 Å². The topological polar surface area (TPSA) is 101 Å². The molecule has 11 heteroatoms. The lowest BCUT2D eigenvalue weighted by Gasteiger charge is -2.36. The van der Waals surface area contributed by atoms with Crippen LogP contribution in [0.5, 0.6) is 5.75 Å². The van der Waals surface area contributed by atoms with Gasteiger partial charge in [-0.2, -0.15) is 0 Å². The Labute approximate surface area is 179 Å². The van der Waals surface area contributed by atoms with E-state index in [2.05, 4.69) is 5.32 Å². The highest BCUT2D eigenvalue weighted by atomic mass is 19.1. The second kappa shape index (κ2) is 7.37. The maximum absolute atomic E-state index is 13.8. The summed E-state index contributed by atoms with van der Waals surface area (Å²) < 4.78 is 47.9. The number of hydrogen-bond acceptors (Lipinski definition) is 5. The Morgan fingerprint density at radius 3 is 2.66 bits per heavy atom. The Bertz CT molecular complexity index is 1190. The zero-order chi connectivity index (χ0) is 22.7. The van der Waals surface area contributed by atoms with Gasteiger partial charge in [-0.05, 0) is 18.8 Å². The number of carbonyl (C=O) groups excluding carboxylic acids is 2. The highest BCUT2D eigenvalue weighted by molar-refractivity contribution is 5.99. The summed E-state index contributed by atoms with van der Waals surface area (Å²) in [5.74, 6) is -5.56. The van der Waals surface area contributed by atoms with E-state index in [9.17, 15) is 32.7 Å². The van der Waals surface area contributed by atoms with Crippen molar-refractivity contribution in [3.63, 3.8) is 0 Å². The minimum atomic E-state index is -1.19. The van der Waals surface area contributed by atoms with Gasteiger partial charge in [0.25, 0.3) is 11.8 Å². The maximum Gasteiger partial charge on any atom is 0.276 e. The number of aromatic nitrogens is 1. The fraction of sp³-hybridized carbons (Fsp3) is 0.381. The Morgan fingerprint density at radius 2 is 1.94 bits per heavy atom. The van der Waals surface area contributed by atoms with Crippen LogP contribution in [0.15, 0.2) is 23.1 Å². The molecule has 3 heterocycles. The molecule has 1 aromatic carbocycles. The van der Waals surface area contributed by atoms with Crippen LogP contribution in [0.1, 0.15) is 39.3 Å². The predicted molar refractivity (Wildman–Crippen MR) is 102 cm³/mol. The lowest BCUT2D eigenvalue weighted by Crippen LogP contribution is -2.50. The van der Waals surface area contributed by atoms with Crippen LogP contribution in [0.3, 0.4) is 0 Å². The summed E-state index contributed by atoms with van der Waals surface area (Å²) in [6, 6.07) is 0.942. The number of halogens is 3. The molecule has 3 aliphatic rings. The third kappa shape index (κ3) is 3.32. The molecule has 1 saturated heterocycles. The summed E-state index contributed by atoms with van der Waals surface area (Å²) in [5, 5.41) is 12.6. The fourth-order valence-corrected chi connectivity index (χ4v) is 4.28. The van der Waals surface area contributed by atoms with Crippen LogP contribution >= 0.6 is 0 Å². The standard InChI is InChI=1S/C21H18F3N3O5/c22-10-4-13(23)11(14(24)5-10)6-25-20(30)12-7-26-8-16-27(2-1-9-3-15(9)32-16)21(31)17(26)19(29)18(12)28/h4-5,7,9,15-16,29H,1-3,6,8H2,(H,25,30)/t9?,15-,16-/m1/s1. The van der Waals surface area contributed by atoms with E-state index in [4.69, 9.17) is 4.74 Å². The Balaban J connectivity index is 1.43. The summed E-state index contributed by atoms with van der Waals surface area (Å²) >= 11 is 0. The molecule has 0 radical (unpaired) electrons. The molecule has 1 saturated carbocycles. The largest absolute Gasteiger partial charge is 0.503 e. The lowest BCUT2D eigenvalue weighted by atomic mass is 10.1. The van der Waals surface area contributed by atoms with Gasteiger partial charge in [0.2, 0.25) is 5.43 Å².